The molecule has 0 heterocycles. The van der Waals surface area contributed by atoms with Gasteiger partial charge in [0.05, 0.1) is 20.4 Å². The molecule has 0 unspecified atom stereocenters. The predicted molar refractivity (Wildman–Crippen MR) is 117 cm³/mol. The standard InChI is InChI=1S/C23H20ClFN2O4/c1-29-21-9-7-15(12-22(21)30-2)23(28)27-26-13-17-11-18(24)8-10-20(17)31-14-16-5-3-4-6-19(16)25/h3-13H,14H2,1-2H3,(H,27,28)/b26-13+. The second kappa shape index (κ2) is 10.4. The van der Waals surface area contributed by atoms with E-state index in [4.69, 9.17) is 25.8 Å². The van der Waals surface area contributed by atoms with Gasteiger partial charge in [-0.05, 0) is 42.5 Å². The zero-order valence-corrected chi connectivity index (χ0v) is 17.7. The van der Waals surface area contributed by atoms with Gasteiger partial charge < -0.3 is 14.2 Å². The number of benzene rings is 3. The van der Waals surface area contributed by atoms with Crippen LogP contribution in [-0.2, 0) is 6.61 Å². The molecule has 8 heteroatoms. The highest BCUT2D eigenvalue weighted by Crippen LogP contribution is 2.27. The number of nitrogens with one attached hydrogen (secondary N) is 1. The van der Waals surface area contributed by atoms with Gasteiger partial charge in [-0.2, -0.15) is 5.10 Å². The second-order valence-corrected chi connectivity index (χ2v) is 6.77. The van der Waals surface area contributed by atoms with E-state index in [2.05, 4.69) is 10.5 Å². The molecule has 3 aromatic carbocycles. The van der Waals surface area contributed by atoms with E-state index in [0.29, 0.717) is 39.0 Å². The van der Waals surface area contributed by atoms with Crippen LogP contribution in [-0.4, -0.2) is 26.3 Å². The van der Waals surface area contributed by atoms with E-state index >= 15 is 0 Å². The maximum atomic E-state index is 13.8. The Kier molecular flexibility index (Phi) is 7.45. The summed E-state index contributed by atoms with van der Waals surface area (Å²) < 4.78 is 29.9. The molecule has 31 heavy (non-hydrogen) atoms. The molecule has 0 spiro atoms. The number of carbonyl (C=O) groups is 1. The average molecular weight is 443 g/mol. The van der Waals surface area contributed by atoms with Crippen molar-refractivity contribution in [2.45, 2.75) is 6.61 Å². The summed E-state index contributed by atoms with van der Waals surface area (Å²) >= 11 is 6.07. The highest BCUT2D eigenvalue weighted by Gasteiger charge is 2.11. The molecule has 0 saturated heterocycles. The molecule has 0 fully saturated rings. The van der Waals surface area contributed by atoms with Gasteiger partial charge in [0.15, 0.2) is 11.5 Å². The van der Waals surface area contributed by atoms with Gasteiger partial charge in [-0.1, -0.05) is 29.8 Å². The minimum absolute atomic E-state index is 0.0349. The molecule has 3 rings (SSSR count). The first-order chi connectivity index (χ1) is 15.0. The van der Waals surface area contributed by atoms with Crippen molar-refractivity contribution in [1.82, 2.24) is 5.43 Å². The van der Waals surface area contributed by atoms with Crippen LogP contribution >= 0.6 is 11.6 Å². The van der Waals surface area contributed by atoms with E-state index < -0.39 is 5.91 Å². The fourth-order valence-electron chi connectivity index (χ4n) is 2.73. The lowest BCUT2D eigenvalue weighted by molar-refractivity contribution is 0.0954. The van der Waals surface area contributed by atoms with Gasteiger partial charge in [-0.15, -0.1) is 0 Å². The van der Waals surface area contributed by atoms with Crippen LogP contribution in [0.25, 0.3) is 0 Å². The van der Waals surface area contributed by atoms with Crippen LogP contribution in [0, 0.1) is 5.82 Å². The zero-order chi connectivity index (χ0) is 22.2. The van der Waals surface area contributed by atoms with E-state index in [9.17, 15) is 9.18 Å². The van der Waals surface area contributed by atoms with Crippen LogP contribution in [0.5, 0.6) is 17.2 Å². The first-order valence-corrected chi connectivity index (χ1v) is 9.61. The molecule has 0 aromatic heterocycles. The Balaban J connectivity index is 1.71. The molecule has 0 saturated carbocycles. The molecule has 0 aliphatic heterocycles. The molecule has 6 nitrogen and oxygen atoms in total. The van der Waals surface area contributed by atoms with Crippen LogP contribution in [0.3, 0.4) is 0 Å². The lowest BCUT2D eigenvalue weighted by atomic mass is 10.2. The summed E-state index contributed by atoms with van der Waals surface area (Å²) in [5.74, 6) is 0.592. The number of nitrogens with zero attached hydrogens (tertiary/aromatic N) is 1. The van der Waals surface area contributed by atoms with Gasteiger partial charge in [-0.3, -0.25) is 4.79 Å². The number of rotatable bonds is 8. The highest BCUT2D eigenvalue weighted by molar-refractivity contribution is 6.30. The molecule has 160 valence electrons. The quantitative estimate of drug-likeness (QED) is 0.400. The SMILES string of the molecule is COc1ccc(C(=O)N/N=C/c2cc(Cl)ccc2OCc2ccccc2F)cc1OC. The number of halogens is 2. The summed E-state index contributed by atoms with van der Waals surface area (Å²) in [7, 11) is 3.00. The Hall–Kier alpha value is -3.58. The van der Waals surface area contributed by atoms with Crippen LogP contribution in [0.2, 0.25) is 5.02 Å². The fourth-order valence-corrected chi connectivity index (χ4v) is 2.91. The molecular weight excluding hydrogens is 423 g/mol. The van der Waals surface area contributed by atoms with Crippen LogP contribution < -0.4 is 19.6 Å². The number of carbonyl (C=O) groups excluding carboxylic acids is 1. The molecule has 0 radical (unpaired) electrons. The summed E-state index contributed by atoms with van der Waals surface area (Å²) in [6, 6.07) is 16.1. The van der Waals surface area contributed by atoms with Crippen molar-refractivity contribution in [3.8, 4) is 17.2 Å². The average Bonchev–Trinajstić information content (AvgIpc) is 2.79. The number of hydrogen-bond acceptors (Lipinski definition) is 5. The maximum absolute atomic E-state index is 13.8. The normalized spacial score (nSPS) is 10.7. The molecule has 3 aromatic rings. The number of amides is 1. The third-order valence-electron chi connectivity index (χ3n) is 4.33. The van der Waals surface area contributed by atoms with E-state index in [1.165, 1.54) is 26.5 Å². The minimum atomic E-state index is -0.437. The Morgan fingerprint density at radius 1 is 1.03 bits per heavy atom. The van der Waals surface area contributed by atoms with Gasteiger partial charge in [0.2, 0.25) is 0 Å². The number of ether oxygens (including phenoxy) is 3. The Morgan fingerprint density at radius 2 is 1.77 bits per heavy atom. The Bertz CT molecular complexity index is 1100. The molecule has 1 amide bonds. The van der Waals surface area contributed by atoms with Crippen LogP contribution in [0.15, 0.2) is 65.8 Å². The largest absolute Gasteiger partial charge is 0.493 e. The molecule has 1 N–H and O–H groups in total. The second-order valence-electron chi connectivity index (χ2n) is 6.33. The summed E-state index contributed by atoms with van der Waals surface area (Å²) in [6.07, 6.45) is 1.40. The number of methoxy groups -OCH3 is 2. The van der Waals surface area contributed by atoms with E-state index in [0.717, 1.165) is 0 Å². The van der Waals surface area contributed by atoms with Crippen molar-refractivity contribution in [1.29, 1.82) is 0 Å². The zero-order valence-electron chi connectivity index (χ0n) is 16.9. The van der Waals surface area contributed by atoms with Crippen molar-refractivity contribution < 1.29 is 23.4 Å². The summed E-state index contributed by atoms with van der Waals surface area (Å²) in [5, 5.41) is 4.44. The first kappa shape index (κ1) is 22.1. The first-order valence-electron chi connectivity index (χ1n) is 9.23. The molecule has 0 aliphatic carbocycles. The third kappa shape index (κ3) is 5.73. The molecule has 0 atom stereocenters. The lowest BCUT2D eigenvalue weighted by Crippen LogP contribution is -2.17. The van der Waals surface area contributed by atoms with Gasteiger partial charge in [0.1, 0.15) is 18.2 Å². The molecule has 0 bridgehead atoms. The van der Waals surface area contributed by atoms with Gasteiger partial charge in [0.25, 0.3) is 5.91 Å². The maximum Gasteiger partial charge on any atom is 0.271 e. The van der Waals surface area contributed by atoms with Crippen molar-refractivity contribution in [3.05, 3.63) is 88.2 Å². The smallest absolute Gasteiger partial charge is 0.271 e. The van der Waals surface area contributed by atoms with Gasteiger partial charge in [0, 0.05) is 21.7 Å². The van der Waals surface area contributed by atoms with Crippen LogP contribution in [0.1, 0.15) is 21.5 Å². The minimum Gasteiger partial charge on any atom is -0.493 e. The number of hydrazone groups is 1. The van der Waals surface area contributed by atoms with E-state index in [-0.39, 0.29) is 12.4 Å². The van der Waals surface area contributed by atoms with Crippen molar-refractivity contribution in [3.63, 3.8) is 0 Å². The highest BCUT2D eigenvalue weighted by atomic mass is 35.5. The Morgan fingerprint density at radius 3 is 2.52 bits per heavy atom. The predicted octanol–water partition coefficient (Wildman–Crippen LogP) is 4.84. The molecular formula is C23H20ClFN2O4. The lowest BCUT2D eigenvalue weighted by Gasteiger charge is -2.10. The van der Waals surface area contributed by atoms with E-state index in [1.807, 2.05) is 0 Å². The van der Waals surface area contributed by atoms with Crippen molar-refractivity contribution in [2.75, 3.05) is 14.2 Å². The van der Waals surface area contributed by atoms with Gasteiger partial charge in [-0.25, -0.2) is 9.82 Å². The van der Waals surface area contributed by atoms with Gasteiger partial charge >= 0.3 is 0 Å². The summed E-state index contributed by atoms with van der Waals surface area (Å²) in [5.41, 5.74) is 3.73. The van der Waals surface area contributed by atoms with Crippen LogP contribution in [0.4, 0.5) is 4.39 Å². The van der Waals surface area contributed by atoms with Crippen molar-refractivity contribution in [2.24, 2.45) is 5.10 Å². The monoisotopic (exact) mass is 442 g/mol. The third-order valence-corrected chi connectivity index (χ3v) is 4.56. The molecule has 0 aliphatic rings. The summed E-state index contributed by atoms with van der Waals surface area (Å²) in [6.45, 7) is 0.0349. The fraction of sp³-hybridized carbons (Fsp3) is 0.130. The number of hydrogen-bond donors (Lipinski definition) is 1. The Labute approximate surface area is 184 Å². The topological polar surface area (TPSA) is 69.2 Å². The van der Waals surface area contributed by atoms with Crippen molar-refractivity contribution >= 4 is 23.7 Å². The van der Waals surface area contributed by atoms with E-state index in [1.54, 1.807) is 54.6 Å². The summed E-state index contributed by atoms with van der Waals surface area (Å²) in [4.78, 5) is 12.4.